The number of nitrogens with zero attached hydrogens (tertiary/aromatic N) is 5. The fourth-order valence-corrected chi connectivity index (χ4v) is 3.37. The van der Waals surface area contributed by atoms with Gasteiger partial charge in [0.1, 0.15) is 11.5 Å². The second-order valence-corrected chi connectivity index (χ2v) is 6.97. The summed E-state index contributed by atoms with van der Waals surface area (Å²) in [6.45, 7) is 6.82. The Morgan fingerprint density at radius 3 is 2.83 bits per heavy atom. The van der Waals surface area contributed by atoms with Gasteiger partial charge in [-0.1, -0.05) is 0 Å². The summed E-state index contributed by atoms with van der Waals surface area (Å²) in [5, 5.41) is 7.44. The molecule has 1 aliphatic heterocycles. The molecule has 1 aliphatic carbocycles. The van der Waals surface area contributed by atoms with Gasteiger partial charge in [0, 0.05) is 38.9 Å². The Morgan fingerprint density at radius 2 is 2.17 bits per heavy atom. The molecule has 2 aromatic rings. The Balaban J connectivity index is 1.51. The summed E-state index contributed by atoms with van der Waals surface area (Å²) in [5.41, 5.74) is 2.78. The molecule has 1 N–H and O–H groups in total. The molecule has 24 heavy (non-hydrogen) atoms. The fourth-order valence-electron chi connectivity index (χ4n) is 3.37. The Labute approximate surface area is 141 Å². The predicted octanol–water partition coefficient (Wildman–Crippen LogP) is 1.39. The van der Waals surface area contributed by atoms with E-state index < -0.39 is 0 Å². The second-order valence-electron chi connectivity index (χ2n) is 6.97. The zero-order valence-electron chi connectivity index (χ0n) is 14.5. The molecule has 2 aliphatic rings. The lowest BCUT2D eigenvalue weighted by molar-refractivity contribution is 0.0946. The number of hydrogen-bond donors (Lipinski definition) is 1. The van der Waals surface area contributed by atoms with Crippen LogP contribution in [0.5, 0.6) is 0 Å². The zero-order chi connectivity index (χ0) is 16.8. The van der Waals surface area contributed by atoms with Gasteiger partial charge in [-0.05, 0) is 32.8 Å². The minimum absolute atomic E-state index is 0.0413. The molecule has 7 heteroatoms. The van der Waals surface area contributed by atoms with E-state index in [-0.39, 0.29) is 11.9 Å². The molecule has 128 valence electrons. The van der Waals surface area contributed by atoms with E-state index in [0.29, 0.717) is 11.7 Å². The third-order valence-electron chi connectivity index (χ3n) is 4.97. The average Bonchev–Trinajstić information content (AvgIpc) is 3.13. The molecule has 4 rings (SSSR count). The van der Waals surface area contributed by atoms with E-state index in [1.54, 1.807) is 0 Å². The van der Waals surface area contributed by atoms with Crippen molar-refractivity contribution in [2.45, 2.75) is 51.9 Å². The summed E-state index contributed by atoms with van der Waals surface area (Å²) in [4.78, 5) is 19.2. The minimum atomic E-state index is -0.0413. The minimum Gasteiger partial charge on any atom is -0.348 e. The number of rotatable bonds is 4. The van der Waals surface area contributed by atoms with Crippen LogP contribution in [0.3, 0.4) is 0 Å². The molecule has 1 saturated carbocycles. The molecule has 0 aromatic carbocycles. The first-order valence-corrected chi connectivity index (χ1v) is 8.63. The molecule has 0 radical (unpaired) electrons. The Hall–Kier alpha value is -2.15. The van der Waals surface area contributed by atoms with Gasteiger partial charge < -0.3 is 9.88 Å². The van der Waals surface area contributed by atoms with Crippen LogP contribution in [0.4, 0.5) is 0 Å². The Bertz CT molecular complexity index is 772. The van der Waals surface area contributed by atoms with Crippen LogP contribution in [0.1, 0.15) is 53.5 Å². The number of hydrogen-bond acceptors (Lipinski definition) is 4. The van der Waals surface area contributed by atoms with E-state index in [9.17, 15) is 4.79 Å². The molecular formula is C17H24N6O. The quantitative estimate of drug-likeness (QED) is 0.921. The number of imidazole rings is 1. The summed E-state index contributed by atoms with van der Waals surface area (Å²) < 4.78 is 4.06. The molecule has 0 saturated heterocycles. The van der Waals surface area contributed by atoms with Gasteiger partial charge in [-0.25, -0.2) is 4.98 Å². The van der Waals surface area contributed by atoms with Crippen molar-refractivity contribution in [3.63, 3.8) is 0 Å². The van der Waals surface area contributed by atoms with Crippen LogP contribution in [0.25, 0.3) is 0 Å². The first-order chi connectivity index (χ1) is 11.5. The van der Waals surface area contributed by atoms with Gasteiger partial charge >= 0.3 is 0 Å². The topological polar surface area (TPSA) is 68.0 Å². The summed E-state index contributed by atoms with van der Waals surface area (Å²) >= 11 is 0. The van der Waals surface area contributed by atoms with Crippen LogP contribution < -0.4 is 5.32 Å². The van der Waals surface area contributed by atoms with Gasteiger partial charge in [-0.3, -0.25) is 14.4 Å². The molecule has 7 nitrogen and oxygen atoms in total. The standard InChI is InChI=1S/C17H24N6O/c1-11-8-14(21(3)20-11)9-22-6-7-23-10-15(19-16(23)12(22)2)17(24)18-13-4-5-13/h8,10,12-13H,4-7,9H2,1-3H3,(H,18,24). The van der Waals surface area contributed by atoms with Gasteiger partial charge in [0.25, 0.3) is 5.91 Å². The van der Waals surface area contributed by atoms with Gasteiger partial charge in [-0.2, -0.15) is 5.10 Å². The summed E-state index contributed by atoms with van der Waals surface area (Å²) in [6, 6.07) is 2.66. The van der Waals surface area contributed by atoms with Crippen molar-refractivity contribution in [2.75, 3.05) is 6.54 Å². The average molecular weight is 328 g/mol. The number of fused-ring (bicyclic) bond motifs is 1. The number of aryl methyl sites for hydroxylation is 2. The highest BCUT2D eigenvalue weighted by molar-refractivity contribution is 5.92. The molecule has 1 atom stereocenters. The summed E-state index contributed by atoms with van der Waals surface area (Å²) in [5.74, 6) is 0.932. The van der Waals surface area contributed by atoms with Gasteiger partial charge in [-0.15, -0.1) is 0 Å². The van der Waals surface area contributed by atoms with Crippen LogP contribution in [0.2, 0.25) is 0 Å². The SMILES string of the molecule is Cc1cc(CN2CCn3cc(C(=O)NC4CC4)nc3C2C)n(C)n1. The van der Waals surface area contributed by atoms with E-state index >= 15 is 0 Å². The molecule has 3 heterocycles. The van der Waals surface area contributed by atoms with Crippen LogP contribution in [-0.2, 0) is 20.1 Å². The maximum Gasteiger partial charge on any atom is 0.271 e. The second kappa shape index (κ2) is 5.73. The van der Waals surface area contributed by atoms with Crippen LogP contribution >= 0.6 is 0 Å². The molecule has 2 aromatic heterocycles. The van der Waals surface area contributed by atoms with Crippen molar-refractivity contribution in [1.82, 2.24) is 29.5 Å². The third kappa shape index (κ3) is 2.84. The van der Waals surface area contributed by atoms with Crippen molar-refractivity contribution >= 4 is 5.91 Å². The van der Waals surface area contributed by atoms with E-state index in [4.69, 9.17) is 0 Å². The molecular weight excluding hydrogens is 304 g/mol. The number of carbonyl (C=O) groups excluding carboxylic acids is 1. The van der Waals surface area contributed by atoms with E-state index in [0.717, 1.165) is 44.0 Å². The number of carbonyl (C=O) groups is 1. The lowest BCUT2D eigenvalue weighted by Crippen LogP contribution is -2.36. The monoisotopic (exact) mass is 328 g/mol. The molecule has 1 amide bonds. The third-order valence-corrected chi connectivity index (χ3v) is 4.97. The van der Waals surface area contributed by atoms with Crippen LogP contribution in [0, 0.1) is 6.92 Å². The molecule has 1 fully saturated rings. The van der Waals surface area contributed by atoms with Crippen molar-refractivity contribution in [2.24, 2.45) is 7.05 Å². The smallest absolute Gasteiger partial charge is 0.271 e. The van der Waals surface area contributed by atoms with Crippen LogP contribution in [-0.4, -0.2) is 42.7 Å². The number of amides is 1. The van der Waals surface area contributed by atoms with Crippen LogP contribution in [0.15, 0.2) is 12.3 Å². The number of aromatic nitrogens is 4. The lowest BCUT2D eigenvalue weighted by atomic mass is 10.2. The van der Waals surface area contributed by atoms with Crippen molar-refractivity contribution in [3.05, 3.63) is 35.2 Å². The molecule has 0 bridgehead atoms. The van der Waals surface area contributed by atoms with E-state index in [1.807, 2.05) is 24.9 Å². The largest absolute Gasteiger partial charge is 0.348 e. The first-order valence-electron chi connectivity index (χ1n) is 8.63. The van der Waals surface area contributed by atoms with Gasteiger partial charge in [0.15, 0.2) is 0 Å². The highest BCUT2D eigenvalue weighted by atomic mass is 16.2. The summed E-state index contributed by atoms with van der Waals surface area (Å²) in [6.07, 6.45) is 4.08. The lowest BCUT2D eigenvalue weighted by Gasteiger charge is -2.33. The Morgan fingerprint density at radius 1 is 1.38 bits per heavy atom. The van der Waals surface area contributed by atoms with Gasteiger partial charge in [0.2, 0.25) is 0 Å². The predicted molar refractivity (Wildman–Crippen MR) is 89.5 cm³/mol. The number of nitrogens with one attached hydrogen (secondary N) is 1. The molecule has 0 spiro atoms. The molecule has 1 unspecified atom stereocenters. The Kier molecular flexibility index (Phi) is 3.68. The fraction of sp³-hybridized carbons (Fsp3) is 0.588. The maximum atomic E-state index is 12.2. The summed E-state index contributed by atoms with van der Waals surface area (Å²) in [7, 11) is 1.98. The normalized spacial score (nSPS) is 20.9. The van der Waals surface area contributed by atoms with Gasteiger partial charge in [0.05, 0.1) is 17.4 Å². The first kappa shape index (κ1) is 15.4. The van der Waals surface area contributed by atoms with Crippen molar-refractivity contribution in [1.29, 1.82) is 0 Å². The zero-order valence-corrected chi connectivity index (χ0v) is 14.5. The van der Waals surface area contributed by atoms with E-state index in [2.05, 4.69) is 37.9 Å². The maximum absolute atomic E-state index is 12.2. The van der Waals surface area contributed by atoms with Crippen molar-refractivity contribution in [3.8, 4) is 0 Å². The highest BCUT2D eigenvalue weighted by Gasteiger charge is 2.30. The van der Waals surface area contributed by atoms with Crippen molar-refractivity contribution < 1.29 is 4.79 Å². The van der Waals surface area contributed by atoms with E-state index in [1.165, 1.54) is 5.69 Å². The highest BCUT2D eigenvalue weighted by Crippen LogP contribution is 2.27.